The van der Waals surface area contributed by atoms with Gasteiger partial charge in [-0.3, -0.25) is 4.99 Å². The highest BCUT2D eigenvalue weighted by Crippen LogP contribution is 2.14. The van der Waals surface area contributed by atoms with E-state index in [1.807, 2.05) is 47.4 Å². The Morgan fingerprint density at radius 2 is 1.92 bits per heavy atom. The summed E-state index contributed by atoms with van der Waals surface area (Å²) in [6.07, 6.45) is 3.90. The Morgan fingerprint density at radius 3 is 2.62 bits per heavy atom. The van der Waals surface area contributed by atoms with E-state index in [4.69, 9.17) is 0 Å². The van der Waals surface area contributed by atoms with Crippen molar-refractivity contribution in [2.75, 3.05) is 7.05 Å². The van der Waals surface area contributed by atoms with Crippen LogP contribution in [-0.4, -0.2) is 22.8 Å². The molecule has 0 spiro atoms. The Bertz CT molecular complexity index is 804. The third-order valence-electron chi connectivity index (χ3n) is 3.57. The quantitative estimate of drug-likeness (QED) is 0.555. The standard InChI is InChI=1S/C18H21N5S/c1-14-8-9-17(24-14)12-21-18(19-2)20-10-15-11-22-23(13-15)16-6-4-3-5-7-16/h3-9,11,13H,10,12H2,1-2H3,(H2,19,20,21). The SMILES string of the molecule is CN=C(NCc1cnn(-c2ccccc2)c1)NCc1ccc(C)s1. The fourth-order valence-corrected chi connectivity index (χ4v) is 3.16. The minimum Gasteiger partial charge on any atom is -0.352 e. The van der Waals surface area contributed by atoms with E-state index in [2.05, 4.69) is 39.8 Å². The summed E-state index contributed by atoms with van der Waals surface area (Å²) in [5.74, 6) is 0.786. The van der Waals surface area contributed by atoms with E-state index in [0.717, 1.165) is 23.8 Å². The second-order valence-electron chi connectivity index (χ2n) is 5.42. The zero-order valence-electron chi connectivity index (χ0n) is 13.9. The van der Waals surface area contributed by atoms with Gasteiger partial charge in [-0.05, 0) is 31.2 Å². The van der Waals surface area contributed by atoms with Gasteiger partial charge in [0.15, 0.2) is 5.96 Å². The van der Waals surface area contributed by atoms with Gasteiger partial charge in [-0.25, -0.2) is 4.68 Å². The lowest BCUT2D eigenvalue weighted by Gasteiger charge is -2.10. The Balaban J connectivity index is 1.53. The number of benzene rings is 1. The lowest BCUT2D eigenvalue weighted by Crippen LogP contribution is -2.36. The van der Waals surface area contributed by atoms with Crippen molar-refractivity contribution in [2.24, 2.45) is 4.99 Å². The number of rotatable bonds is 5. The molecule has 0 amide bonds. The summed E-state index contributed by atoms with van der Waals surface area (Å²) in [5, 5.41) is 11.1. The predicted molar refractivity (Wildman–Crippen MR) is 99.7 cm³/mol. The zero-order chi connectivity index (χ0) is 16.8. The van der Waals surface area contributed by atoms with Gasteiger partial charge in [-0.1, -0.05) is 18.2 Å². The molecule has 0 radical (unpaired) electrons. The molecule has 3 aromatic rings. The summed E-state index contributed by atoms with van der Waals surface area (Å²) >= 11 is 1.80. The van der Waals surface area contributed by atoms with E-state index in [0.29, 0.717) is 6.54 Å². The summed E-state index contributed by atoms with van der Waals surface area (Å²) in [6.45, 7) is 3.57. The second-order valence-corrected chi connectivity index (χ2v) is 6.79. The second kappa shape index (κ2) is 7.79. The van der Waals surface area contributed by atoms with Gasteiger partial charge in [0.05, 0.1) is 18.4 Å². The molecule has 1 aromatic carbocycles. The van der Waals surface area contributed by atoms with Crippen molar-refractivity contribution in [2.45, 2.75) is 20.0 Å². The molecule has 0 atom stereocenters. The number of para-hydroxylation sites is 1. The first-order valence-corrected chi connectivity index (χ1v) is 8.65. The third kappa shape index (κ3) is 4.23. The molecule has 2 N–H and O–H groups in total. The third-order valence-corrected chi connectivity index (χ3v) is 4.57. The number of nitrogens with zero attached hydrogens (tertiary/aromatic N) is 3. The van der Waals surface area contributed by atoms with E-state index in [1.54, 1.807) is 18.4 Å². The largest absolute Gasteiger partial charge is 0.352 e. The lowest BCUT2D eigenvalue weighted by molar-refractivity contribution is 0.814. The molecule has 3 rings (SSSR count). The van der Waals surface area contributed by atoms with E-state index < -0.39 is 0 Å². The van der Waals surface area contributed by atoms with Gasteiger partial charge in [-0.15, -0.1) is 11.3 Å². The highest BCUT2D eigenvalue weighted by molar-refractivity contribution is 7.11. The molecule has 0 aliphatic heterocycles. The predicted octanol–water partition coefficient (Wildman–Crippen LogP) is 3.11. The van der Waals surface area contributed by atoms with E-state index >= 15 is 0 Å². The van der Waals surface area contributed by atoms with Gasteiger partial charge in [-0.2, -0.15) is 5.10 Å². The van der Waals surface area contributed by atoms with E-state index in [-0.39, 0.29) is 0 Å². The normalized spacial score (nSPS) is 11.5. The number of thiophene rings is 1. The molecule has 0 fully saturated rings. The number of hydrogen-bond donors (Lipinski definition) is 2. The molecule has 24 heavy (non-hydrogen) atoms. The summed E-state index contributed by atoms with van der Waals surface area (Å²) in [5.41, 5.74) is 2.16. The van der Waals surface area contributed by atoms with Crippen LogP contribution in [0, 0.1) is 6.92 Å². The van der Waals surface area contributed by atoms with Crippen LogP contribution in [-0.2, 0) is 13.1 Å². The highest BCUT2D eigenvalue weighted by Gasteiger charge is 2.03. The Kier molecular flexibility index (Phi) is 5.28. The molecule has 6 heteroatoms. The van der Waals surface area contributed by atoms with Crippen molar-refractivity contribution >= 4 is 17.3 Å². The highest BCUT2D eigenvalue weighted by atomic mass is 32.1. The summed E-state index contributed by atoms with van der Waals surface area (Å²) in [7, 11) is 1.78. The fraction of sp³-hybridized carbons (Fsp3) is 0.222. The molecule has 0 saturated carbocycles. The van der Waals surface area contributed by atoms with Crippen LogP contribution in [0.2, 0.25) is 0 Å². The maximum absolute atomic E-state index is 4.40. The molecule has 124 valence electrons. The number of guanidine groups is 1. The van der Waals surface area contributed by atoms with Crippen molar-refractivity contribution in [3.63, 3.8) is 0 Å². The first kappa shape index (κ1) is 16.3. The van der Waals surface area contributed by atoms with Crippen LogP contribution in [0.25, 0.3) is 5.69 Å². The van der Waals surface area contributed by atoms with Gasteiger partial charge in [0, 0.05) is 35.1 Å². The summed E-state index contributed by atoms with van der Waals surface area (Å²) in [6, 6.07) is 14.4. The maximum atomic E-state index is 4.40. The van der Waals surface area contributed by atoms with Crippen molar-refractivity contribution < 1.29 is 0 Å². The van der Waals surface area contributed by atoms with E-state index in [9.17, 15) is 0 Å². The molecule has 2 aromatic heterocycles. The minimum absolute atomic E-state index is 0.677. The molecule has 0 aliphatic rings. The molecule has 5 nitrogen and oxygen atoms in total. The molecule has 0 bridgehead atoms. The van der Waals surface area contributed by atoms with Crippen molar-refractivity contribution in [3.8, 4) is 5.69 Å². The van der Waals surface area contributed by atoms with Gasteiger partial charge in [0.2, 0.25) is 0 Å². The van der Waals surface area contributed by atoms with Gasteiger partial charge < -0.3 is 10.6 Å². The van der Waals surface area contributed by atoms with Crippen molar-refractivity contribution in [3.05, 3.63) is 70.2 Å². The smallest absolute Gasteiger partial charge is 0.191 e. The lowest BCUT2D eigenvalue weighted by atomic mass is 10.3. The van der Waals surface area contributed by atoms with Crippen molar-refractivity contribution in [1.82, 2.24) is 20.4 Å². The number of nitrogens with one attached hydrogen (secondary N) is 2. The average Bonchev–Trinajstić information content (AvgIpc) is 3.25. The molecule has 2 heterocycles. The zero-order valence-corrected chi connectivity index (χ0v) is 14.7. The Hall–Kier alpha value is -2.60. The van der Waals surface area contributed by atoms with Crippen molar-refractivity contribution in [1.29, 1.82) is 0 Å². The number of aryl methyl sites for hydroxylation is 1. The van der Waals surface area contributed by atoms with Gasteiger partial charge in [0.25, 0.3) is 0 Å². The molecule has 0 unspecified atom stereocenters. The molecular formula is C18H21N5S. The minimum atomic E-state index is 0.677. The van der Waals surface area contributed by atoms with Crippen LogP contribution < -0.4 is 10.6 Å². The topological polar surface area (TPSA) is 54.2 Å². The summed E-state index contributed by atoms with van der Waals surface area (Å²) < 4.78 is 1.88. The van der Waals surface area contributed by atoms with E-state index in [1.165, 1.54) is 9.75 Å². The van der Waals surface area contributed by atoms with Crippen LogP contribution in [0.3, 0.4) is 0 Å². The molecule has 0 aliphatic carbocycles. The van der Waals surface area contributed by atoms with Gasteiger partial charge >= 0.3 is 0 Å². The van der Waals surface area contributed by atoms with Crippen LogP contribution in [0.15, 0.2) is 59.9 Å². The first-order chi connectivity index (χ1) is 11.7. The van der Waals surface area contributed by atoms with Crippen LogP contribution >= 0.6 is 11.3 Å². The Labute approximate surface area is 146 Å². The van der Waals surface area contributed by atoms with Crippen LogP contribution in [0.1, 0.15) is 15.3 Å². The summed E-state index contributed by atoms with van der Waals surface area (Å²) in [4.78, 5) is 6.88. The van der Waals surface area contributed by atoms with Gasteiger partial charge in [0.1, 0.15) is 0 Å². The van der Waals surface area contributed by atoms with Crippen LogP contribution in [0.5, 0.6) is 0 Å². The Morgan fingerprint density at radius 1 is 1.12 bits per heavy atom. The fourth-order valence-electron chi connectivity index (χ4n) is 2.33. The molecular weight excluding hydrogens is 318 g/mol. The number of aliphatic imine (C=N–C) groups is 1. The monoisotopic (exact) mass is 339 g/mol. The number of aromatic nitrogens is 2. The van der Waals surface area contributed by atoms with Crippen LogP contribution in [0.4, 0.5) is 0 Å². The molecule has 0 saturated heterocycles. The maximum Gasteiger partial charge on any atom is 0.191 e. The first-order valence-electron chi connectivity index (χ1n) is 7.83. The number of hydrogen-bond acceptors (Lipinski definition) is 3. The average molecular weight is 339 g/mol.